The average molecular weight is 222 g/mol. The van der Waals surface area contributed by atoms with E-state index in [1.165, 1.54) is 19.3 Å². The molecule has 2 atom stereocenters. The lowest BCUT2D eigenvalue weighted by atomic mass is 9.97. The summed E-state index contributed by atoms with van der Waals surface area (Å²) in [5.41, 5.74) is 7.20. The van der Waals surface area contributed by atoms with Gasteiger partial charge in [-0.3, -0.25) is 9.58 Å². The topological polar surface area (TPSA) is 47.1 Å². The highest BCUT2D eigenvalue weighted by molar-refractivity contribution is 5.00. The fraction of sp³-hybridized carbons (Fsp3) is 0.750. The average Bonchev–Trinajstić information content (AvgIpc) is 2.64. The van der Waals surface area contributed by atoms with E-state index in [0.717, 1.165) is 18.8 Å². The molecule has 0 aromatic carbocycles. The molecule has 1 aromatic rings. The summed E-state index contributed by atoms with van der Waals surface area (Å²) < 4.78 is 1.86. The SMILES string of the molecule is CC(N)C1CCCCN1Cc1ccn(C)n1. The molecule has 1 aliphatic rings. The second kappa shape index (κ2) is 4.97. The van der Waals surface area contributed by atoms with Gasteiger partial charge in [-0.1, -0.05) is 6.42 Å². The zero-order valence-corrected chi connectivity index (χ0v) is 10.3. The number of hydrogen-bond donors (Lipinski definition) is 1. The third-order valence-corrected chi connectivity index (χ3v) is 3.41. The van der Waals surface area contributed by atoms with Crippen LogP contribution in [0.3, 0.4) is 0 Å². The van der Waals surface area contributed by atoms with E-state index in [2.05, 4.69) is 23.0 Å². The summed E-state index contributed by atoms with van der Waals surface area (Å²) in [6, 6.07) is 2.87. The van der Waals surface area contributed by atoms with Gasteiger partial charge in [-0.25, -0.2) is 0 Å². The summed E-state index contributed by atoms with van der Waals surface area (Å²) in [5, 5.41) is 4.43. The molecule has 0 saturated carbocycles. The smallest absolute Gasteiger partial charge is 0.0764 e. The molecule has 16 heavy (non-hydrogen) atoms. The highest BCUT2D eigenvalue weighted by Gasteiger charge is 2.25. The Hall–Kier alpha value is -0.870. The monoisotopic (exact) mass is 222 g/mol. The van der Waals surface area contributed by atoms with Gasteiger partial charge < -0.3 is 5.73 Å². The Morgan fingerprint density at radius 2 is 2.38 bits per heavy atom. The van der Waals surface area contributed by atoms with E-state index in [4.69, 9.17) is 5.73 Å². The van der Waals surface area contributed by atoms with Crippen LogP contribution >= 0.6 is 0 Å². The molecule has 2 heterocycles. The van der Waals surface area contributed by atoms with Gasteiger partial charge in [0.2, 0.25) is 0 Å². The molecule has 1 aromatic heterocycles. The van der Waals surface area contributed by atoms with Crippen molar-refractivity contribution in [1.82, 2.24) is 14.7 Å². The first-order valence-electron chi connectivity index (χ1n) is 6.15. The first-order chi connectivity index (χ1) is 7.66. The third kappa shape index (κ3) is 2.62. The van der Waals surface area contributed by atoms with Gasteiger partial charge in [-0.05, 0) is 32.4 Å². The molecule has 0 spiro atoms. The molecule has 90 valence electrons. The maximum Gasteiger partial charge on any atom is 0.0764 e. The quantitative estimate of drug-likeness (QED) is 0.833. The number of rotatable bonds is 3. The maximum atomic E-state index is 6.05. The normalized spacial score (nSPS) is 24.6. The summed E-state index contributed by atoms with van der Waals surface area (Å²) in [7, 11) is 1.96. The number of aryl methyl sites for hydroxylation is 1. The lowest BCUT2D eigenvalue weighted by molar-refractivity contribution is 0.121. The summed E-state index contributed by atoms with van der Waals surface area (Å²) in [6.45, 7) is 4.21. The van der Waals surface area contributed by atoms with E-state index in [-0.39, 0.29) is 6.04 Å². The Morgan fingerprint density at radius 3 is 3.00 bits per heavy atom. The summed E-state index contributed by atoms with van der Waals surface area (Å²) >= 11 is 0. The van der Waals surface area contributed by atoms with Crippen molar-refractivity contribution in [2.24, 2.45) is 12.8 Å². The number of hydrogen-bond acceptors (Lipinski definition) is 3. The van der Waals surface area contributed by atoms with Gasteiger partial charge in [0, 0.05) is 31.9 Å². The zero-order chi connectivity index (χ0) is 11.5. The second-order valence-electron chi connectivity index (χ2n) is 4.87. The molecule has 1 saturated heterocycles. The van der Waals surface area contributed by atoms with E-state index in [0.29, 0.717) is 6.04 Å². The molecule has 4 nitrogen and oxygen atoms in total. The minimum atomic E-state index is 0.254. The summed E-state index contributed by atoms with van der Waals surface area (Å²) in [6.07, 6.45) is 5.83. The summed E-state index contributed by atoms with van der Waals surface area (Å²) in [5.74, 6) is 0. The molecule has 4 heteroatoms. The van der Waals surface area contributed by atoms with E-state index in [9.17, 15) is 0 Å². The molecule has 2 unspecified atom stereocenters. The van der Waals surface area contributed by atoms with Gasteiger partial charge in [-0.15, -0.1) is 0 Å². The van der Waals surface area contributed by atoms with Crippen LogP contribution in [-0.2, 0) is 13.6 Å². The van der Waals surface area contributed by atoms with Crippen LogP contribution in [0, 0.1) is 0 Å². The van der Waals surface area contributed by atoms with Crippen molar-refractivity contribution >= 4 is 0 Å². The molecule has 0 amide bonds. The zero-order valence-electron chi connectivity index (χ0n) is 10.3. The van der Waals surface area contributed by atoms with Crippen molar-refractivity contribution in [3.05, 3.63) is 18.0 Å². The first-order valence-corrected chi connectivity index (χ1v) is 6.15. The molecule has 0 aliphatic carbocycles. The number of nitrogens with two attached hydrogens (primary N) is 1. The van der Waals surface area contributed by atoms with E-state index < -0.39 is 0 Å². The highest BCUT2D eigenvalue weighted by Crippen LogP contribution is 2.20. The Kier molecular flexibility index (Phi) is 3.61. The van der Waals surface area contributed by atoms with Gasteiger partial charge in [0.15, 0.2) is 0 Å². The van der Waals surface area contributed by atoms with Crippen molar-refractivity contribution in [2.75, 3.05) is 6.54 Å². The van der Waals surface area contributed by atoms with E-state index in [1.54, 1.807) is 0 Å². The fourth-order valence-electron chi connectivity index (χ4n) is 2.56. The molecule has 1 fully saturated rings. The second-order valence-corrected chi connectivity index (χ2v) is 4.87. The van der Waals surface area contributed by atoms with Crippen LogP contribution in [0.2, 0.25) is 0 Å². The van der Waals surface area contributed by atoms with Gasteiger partial charge >= 0.3 is 0 Å². The number of likely N-dealkylation sites (tertiary alicyclic amines) is 1. The molecular formula is C12H22N4. The molecular weight excluding hydrogens is 200 g/mol. The maximum absolute atomic E-state index is 6.05. The minimum absolute atomic E-state index is 0.254. The predicted molar refractivity (Wildman–Crippen MR) is 64.9 cm³/mol. The van der Waals surface area contributed by atoms with Gasteiger partial charge in [0.25, 0.3) is 0 Å². The molecule has 1 aliphatic heterocycles. The standard InChI is InChI=1S/C12H22N4/c1-10(13)12-5-3-4-7-16(12)9-11-6-8-15(2)14-11/h6,8,10,12H,3-5,7,9,13H2,1-2H3. The van der Waals surface area contributed by atoms with E-state index >= 15 is 0 Å². The molecule has 0 bridgehead atoms. The first kappa shape index (κ1) is 11.6. The molecule has 2 rings (SSSR count). The van der Waals surface area contributed by atoms with Crippen LogP contribution < -0.4 is 5.73 Å². The summed E-state index contributed by atoms with van der Waals surface area (Å²) in [4.78, 5) is 2.48. The van der Waals surface area contributed by atoms with Crippen molar-refractivity contribution in [3.63, 3.8) is 0 Å². The van der Waals surface area contributed by atoms with Gasteiger partial charge in [0.1, 0.15) is 0 Å². The number of piperidine rings is 1. The Bertz CT molecular complexity index is 332. The van der Waals surface area contributed by atoms with Crippen LogP contribution in [0.25, 0.3) is 0 Å². The van der Waals surface area contributed by atoms with Crippen LogP contribution in [0.4, 0.5) is 0 Å². The number of aromatic nitrogens is 2. The largest absolute Gasteiger partial charge is 0.327 e. The van der Waals surface area contributed by atoms with Crippen LogP contribution in [0.1, 0.15) is 31.9 Å². The van der Waals surface area contributed by atoms with Crippen LogP contribution in [0.15, 0.2) is 12.3 Å². The van der Waals surface area contributed by atoms with Crippen LogP contribution in [0.5, 0.6) is 0 Å². The van der Waals surface area contributed by atoms with Gasteiger partial charge in [0.05, 0.1) is 5.69 Å². The van der Waals surface area contributed by atoms with Crippen molar-refractivity contribution in [3.8, 4) is 0 Å². The van der Waals surface area contributed by atoms with Crippen molar-refractivity contribution < 1.29 is 0 Å². The Labute approximate surface area is 97.4 Å². The fourth-order valence-corrected chi connectivity index (χ4v) is 2.56. The minimum Gasteiger partial charge on any atom is -0.327 e. The van der Waals surface area contributed by atoms with Crippen molar-refractivity contribution in [1.29, 1.82) is 0 Å². The van der Waals surface area contributed by atoms with Gasteiger partial charge in [-0.2, -0.15) is 5.10 Å². The molecule has 2 N–H and O–H groups in total. The highest BCUT2D eigenvalue weighted by atomic mass is 15.3. The Balaban J connectivity index is 2.01. The number of nitrogens with zero attached hydrogens (tertiary/aromatic N) is 3. The Morgan fingerprint density at radius 1 is 1.56 bits per heavy atom. The molecule has 0 radical (unpaired) electrons. The van der Waals surface area contributed by atoms with Crippen LogP contribution in [-0.4, -0.2) is 33.3 Å². The lowest BCUT2D eigenvalue weighted by Crippen LogP contribution is -2.48. The third-order valence-electron chi connectivity index (χ3n) is 3.41. The van der Waals surface area contributed by atoms with E-state index in [1.807, 2.05) is 17.9 Å². The van der Waals surface area contributed by atoms with Crippen molar-refractivity contribution in [2.45, 2.75) is 44.8 Å². The lowest BCUT2D eigenvalue weighted by Gasteiger charge is -2.37. The predicted octanol–water partition coefficient (Wildman–Crippen LogP) is 1.12.